The van der Waals surface area contributed by atoms with Crippen molar-refractivity contribution in [3.8, 4) is 0 Å². The number of aromatic nitrogens is 3. The van der Waals surface area contributed by atoms with Crippen LogP contribution in [0, 0.1) is 12.7 Å². The summed E-state index contributed by atoms with van der Waals surface area (Å²) in [7, 11) is -4.40. The van der Waals surface area contributed by atoms with Gasteiger partial charge in [0.25, 0.3) is 0 Å². The number of nitrogens with zero attached hydrogens (tertiary/aromatic N) is 2. The van der Waals surface area contributed by atoms with Crippen LogP contribution in [0.4, 0.5) is 4.39 Å². The molecule has 0 saturated carbocycles. The van der Waals surface area contributed by atoms with Gasteiger partial charge in [0.1, 0.15) is 17.9 Å². The second-order valence-electron chi connectivity index (χ2n) is 8.43. The number of aryl methyl sites for hydroxylation is 1. The first-order chi connectivity index (χ1) is 15.2. The lowest BCUT2D eigenvalue weighted by Crippen LogP contribution is -2.39. The minimum atomic E-state index is -4.40. The quantitative estimate of drug-likeness (QED) is 0.336. The molecule has 7 atom stereocenters. The number of hydrogen-bond donors (Lipinski definition) is 5. The summed E-state index contributed by atoms with van der Waals surface area (Å²) in [5.74, 6) is -2.71. The summed E-state index contributed by atoms with van der Waals surface area (Å²) in [6.07, 6.45) is -4.82. The topological polar surface area (TPSA) is 184 Å². The molecule has 184 valence electrons. The van der Waals surface area contributed by atoms with E-state index in [1.807, 2.05) is 0 Å². The van der Waals surface area contributed by atoms with Crippen molar-refractivity contribution < 1.29 is 38.4 Å². The van der Waals surface area contributed by atoms with E-state index in [-0.39, 0.29) is 29.6 Å². The summed E-state index contributed by atoms with van der Waals surface area (Å²) < 4.78 is 37.9. The van der Waals surface area contributed by atoms with Crippen LogP contribution in [-0.4, -0.2) is 64.5 Å². The molecule has 0 spiro atoms. The first-order valence-electron chi connectivity index (χ1n) is 10.2. The second-order valence-corrected chi connectivity index (χ2v) is 10.5. The van der Waals surface area contributed by atoms with Crippen LogP contribution >= 0.6 is 7.60 Å². The van der Waals surface area contributed by atoms with Crippen LogP contribution in [0.1, 0.15) is 45.5 Å². The predicted molar refractivity (Wildman–Crippen MR) is 113 cm³/mol. The van der Waals surface area contributed by atoms with E-state index in [9.17, 15) is 38.8 Å². The van der Waals surface area contributed by atoms with Crippen molar-refractivity contribution >= 4 is 18.6 Å². The molecule has 3 rings (SSSR count). The number of hydrogen-bond acceptors (Lipinski definition) is 9. The standard InChI is InChI=1S/C19H27FN3O9P/c1-5-19(4,32-33(29,30)9(3)24)6-11-14(26)15(27)17(31-11)23-7-10-13(25)12(20)8(2)21-16(10)22-18(23)28/h7,9,11,14-15,17,24,26-27H,5-6H2,1-4H3,(H,29,30)(H,21,22,28)/t9?,11-,14?,15+,17-,19?/m1/s1. The van der Waals surface area contributed by atoms with Crippen LogP contribution in [0.5, 0.6) is 0 Å². The van der Waals surface area contributed by atoms with Gasteiger partial charge in [-0.1, -0.05) is 6.92 Å². The molecule has 0 bridgehead atoms. The highest BCUT2D eigenvalue weighted by Gasteiger charge is 2.48. The highest BCUT2D eigenvalue weighted by molar-refractivity contribution is 7.53. The molecule has 0 radical (unpaired) electrons. The van der Waals surface area contributed by atoms with Crippen molar-refractivity contribution in [3.05, 3.63) is 38.4 Å². The van der Waals surface area contributed by atoms with Gasteiger partial charge in [0.15, 0.2) is 17.9 Å². The van der Waals surface area contributed by atoms with Gasteiger partial charge in [-0.25, -0.2) is 9.18 Å². The van der Waals surface area contributed by atoms with Crippen LogP contribution in [0.2, 0.25) is 0 Å². The molecule has 0 aliphatic carbocycles. The smallest absolute Gasteiger partial charge is 0.356 e. The summed E-state index contributed by atoms with van der Waals surface area (Å²) in [5, 5.41) is 30.3. The summed E-state index contributed by atoms with van der Waals surface area (Å²) >= 11 is 0. The molecule has 12 nitrogen and oxygen atoms in total. The first kappa shape index (κ1) is 25.6. The molecular weight excluding hydrogens is 464 g/mol. The number of H-pyrrole nitrogens is 1. The summed E-state index contributed by atoms with van der Waals surface area (Å²) in [6, 6.07) is 0. The minimum Gasteiger partial charge on any atom is -0.388 e. The molecule has 1 fully saturated rings. The fourth-order valence-electron chi connectivity index (χ4n) is 3.63. The third-order valence-corrected chi connectivity index (χ3v) is 7.49. The zero-order valence-electron chi connectivity index (χ0n) is 18.4. The number of pyridine rings is 1. The Morgan fingerprint density at radius 3 is 2.61 bits per heavy atom. The van der Waals surface area contributed by atoms with Crippen molar-refractivity contribution in [2.75, 3.05) is 0 Å². The number of rotatable bonds is 7. The van der Waals surface area contributed by atoms with Gasteiger partial charge in [-0.05, 0) is 27.2 Å². The third-order valence-electron chi connectivity index (χ3n) is 5.85. The van der Waals surface area contributed by atoms with E-state index in [2.05, 4.69) is 9.97 Å². The van der Waals surface area contributed by atoms with E-state index >= 15 is 0 Å². The lowest BCUT2D eigenvalue weighted by atomic mass is 9.93. The zero-order chi connectivity index (χ0) is 24.9. The summed E-state index contributed by atoms with van der Waals surface area (Å²) in [5.41, 5.74) is -3.51. The molecule has 0 amide bonds. The molecule has 4 unspecified atom stereocenters. The van der Waals surface area contributed by atoms with Crippen molar-refractivity contribution in [1.82, 2.24) is 14.5 Å². The maximum absolute atomic E-state index is 14.0. The van der Waals surface area contributed by atoms with Crippen LogP contribution < -0.4 is 11.1 Å². The Balaban J connectivity index is 1.94. The highest BCUT2D eigenvalue weighted by atomic mass is 31.2. The number of fused-ring (bicyclic) bond motifs is 1. The average molecular weight is 491 g/mol. The number of aliphatic hydroxyl groups excluding tert-OH is 3. The molecular formula is C19H27FN3O9P. The van der Waals surface area contributed by atoms with E-state index in [1.165, 1.54) is 13.8 Å². The van der Waals surface area contributed by atoms with Gasteiger partial charge < -0.3 is 34.5 Å². The van der Waals surface area contributed by atoms with E-state index in [1.54, 1.807) is 6.92 Å². The van der Waals surface area contributed by atoms with Gasteiger partial charge >= 0.3 is 13.3 Å². The molecule has 1 aliphatic heterocycles. The Bertz CT molecular complexity index is 1220. The number of aliphatic hydroxyl groups is 3. The molecule has 1 aliphatic rings. The van der Waals surface area contributed by atoms with Crippen molar-refractivity contribution in [2.45, 2.75) is 76.5 Å². The zero-order valence-corrected chi connectivity index (χ0v) is 19.3. The van der Waals surface area contributed by atoms with E-state index < -0.39 is 60.5 Å². The molecule has 2 aromatic heterocycles. The minimum absolute atomic E-state index is 0.0954. The maximum atomic E-state index is 14.0. The predicted octanol–water partition coefficient (Wildman–Crippen LogP) is 0.251. The summed E-state index contributed by atoms with van der Waals surface area (Å²) in [6.45, 7) is 5.53. The lowest BCUT2D eigenvalue weighted by Gasteiger charge is -2.34. The average Bonchev–Trinajstić information content (AvgIpc) is 2.99. The summed E-state index contributed by atoms with van der Waals surface area (Å²) in [4.78, 5) is 40.9. The number of aromatic amines is 1. The van der Waals surface area contributed by atoms with E-state index in [0.29, 0.717) is 0 Å². The van der Waals surface area contributed by atoms with Crippen LogP contribution in [0.15, 0.2) is 15.8 Å². The largest absolute Gasteiger partial charge is 0.388 e. The number of halogens is 1. The van der Waals surface area contributed by atoms with Crippen molar-refractivity contribution in [1.29, 1.82) is 0 Å². The molecule has 33 heavy (non-hydrogen) atoms. The Labute approximate surface area is 187 Å². The fourth-order valence-corrected chi connectivity index (χ4v) is 4.61. The highest BCUT2D eigenvalue weighted by Crippen LogP contribution is 2.52. The van der Waals surface area contributed by atoms with Gasteiger partial charge in [-0.15, -0.1) is 0 Å². The second kappa shape index (κ2) is 8.99. The van der Waals surface area contributed by atoms with Crippen molar-refractivity contribution in [2.24, 2.45) is 0 Å². The molecule has 0 aromatic carbocycles. The Morgan fingerprint density at radius 1 is 1.39 bits per heavy atom. The van der Waals surface area contributed by atoms with Gasteiger partial charge in [0.05, 0.1) is 22.8 Å². The van der Waals surface area contributed by atoms with Gasteiger partial charge in [-0.3, -0.25) is 13.9 Å². The van der Waals surface area contributed by atoms with Crippen LogP contribution in [0.25, 0.3) is 11.0 Å². The van der Waals surface area contributed by atoms with Gasteiger partial charge in [0.2, 0.25) is 5.43 Å². The maximum Gasteiger partial charge on any atom is 0.356 e. The normalized spacial score (nSPS) is 27.9. The molecule has 1 saturated heterocycles. The monoisotopic (exact) mass is 491 g/mol. The van der Waals surface area contributed by atoms with E-state index in [4.69, 9.17) is 9.26 Å². The van der Waals surface area contributed by atoms with E-state index in [0.717, 1.165) is 17.7 Å². The Hall–Kier alpha value is -1.99. The molecule has 3 heterocycles. The molecule has 14 heteroatoms. The Kier molecular flexibility index (Phi) is 6.98. The number of nitrogens with one attached hydrogen (secondary N) is 1. The van der Waals surface area contributed by atoms with Gasteiger partial charge in [-0.2, -0.15) is 4.98 Å². The Morgan fingerprint density at radius 2 is 2.03 bits per heavy atom. The number of ether oxygens (including phenoxy) is 1. The third kappa shape index (κ3) is 4.80. The van der Waals surface area contributed by atoms with Gasteiger partial charge in [0, 0.05) is 12.6 Å². The molecule has 5 N–H and O–H groups in total. The molecule has 2 aromatic rings. The fraction of sp³-hybridized carbons (Fsp3) is 0.632. The lowest BCUT2D eigenvalue weighted by molar-refractivity contribution is -0.0691. The first-order valence-corrected chi connectivity index (χ1v) is 11.9. The van der Waals surface area contributed by atoms with Crippen molar-refractivity contribution in [3.63, 3.8) is 0 Å². The van der Waals surface area contributed by atoms with Crippen LogP contribution in [-0.2, 0) is 13.8 Å². The van der Waals surface area contributed by atoms with Crippen LogP contribution in [0.3, 0.4) is 0 Å². The SMILES string of the molecule is CCC(C)(C[C@H]1O[C@@H](n2cc3c(=O)c(F)c(C)[nH]c3nc2=O)[C@@H](O)C1O)OP(=O)(O)C(C)O.